The molecule has 0 amide bonds. The number of aromatic nitrogens is 1. The van der Waals surface area contributed by atoms with Crippen molar-refractivity contribution in [2.45, 2.75) is 19.9 Å². The Morgan fingerprint density at radius 1 is 1.43 bits per heavy atom. The van der Waals surface area contributed by atoms with Crippen molar-refractivity contribution in [2.75, 3.05) is 11.9 Å². The maximum atomic E-state index is 11.1. The number of non-ortho nitro benzene ring substituents is 1. The Labute approximate surface area is 121 Å². The van der Waals surface area contributed by atoms with Crippen LogP contribution in [0.5, 0.6) is 0 Å². The molecule has 1 atom stereocenters. The number of benzene rings is 1. The second-order valence-electron chi connectivity index (χ2n) is 4.87. The zero-order valence-corrected chi connectivity index (χ0v) is 11.9. The molecule has 0 radical (unpaired) electrons. The third-order valence-electron chi connectivity index (χ3n) is 3.43. The van der Waals surface area contributed by atoms with Crippen LogP contribution in [0, 0.1) is 17.0 Å². The van der Waals surface area contributed by atoms with Gasteiger partial charge in [-0.3, -0.25) is 15.1 Å². The van der Waals surface area contributed by atoms with Gasteiger partial charge in [0.15, 0.2) is 0 Å². The first-order chi connectivity index (χ1) is 9.81. The largest absolute Gasteiger partial charge is 0.480 e. The highest BCUT2D eigenvalue weighted by Gasteiger charge is 2.20. The van der Waals surface area contributed by atoms with E-state index < -0.39 is 16.9 Å². The number of aryl methyl sites for hydroxylation is 1. The fourth-order valence-corrected chi connectivity index (χ4v) is 2.10. The van der Waals surface area contributed by atoms with E-state index in [9.17, 15) is 14.9 Å². The lowest BCUT2D eigenvalue weighted by molar-refractivity contribution is -0.384. The summed E-state index contributed by atoms with van der Waals surface area (Å²) in [6, 6.07) is 5.35. The van der Waals surface area contributed by atoms with Crippen molar-refractivity contribution in [3.8, 4) is 0 Å². The van der Waals surface area contributed by atoms with Gasteiger partial charge in [0.1, 0.15) is 6.04 Å². The van der Waals surface area contributed by atoms with Crippen LogP contribution < -0.4 is 4.90 Å². The summed E-state index contributed by atoms with van der Waals surface area (Å²) in [6.45, 7) is 3.35. The van der Waals surface area contributed by atoms with Crippen LogP contribution in [0.3, 0.4) is 0 Å². The van der Waals surface area contributed by atoms with Crippen molar-refractivity contribution in [2.24, 2.45) is 0 Å². The second kappa shape index (κ2) is 5.35. The summed E-state index contributed by atoms with van der Waals surface area (Å²) in [6.07, 6.45) is 0. The molecule has 21 heavy (non-hydrogen) atoms. The van der Waals surface area contributed by atoms with Crippen molar-refractivity contribution in [3.63, 3.8) is 0 Å². The van der Waals surface area contributed by atoms with Gasteiger partial charge in [0, 0.05) is 35.9 Å². The molecule has 0 fully saturated rings. The number of carboxylic acids is 1. The first kappa shape index (κ1) is 14.7. The molecule has 0 spiro atoms. The summed E-state index contributed by atoms with van der Waals surface area (Å²) in [7, 11) is 1.64. The van der Waals surface area contributed by atoms with E-state index >= 15 is 0 Å². The van der Waals surface area contributed by atoms with Crippen LogP contribution in [0.15, 0.2) is 24.3 Å². The molecular formula is C14H15N3O4. The normalized spacial score (nSPS) is 12.1. The summed E-state index contributed by atoms with van der Waals surface area (Å²) < 4.78 is 0. The number of carboxylic acid groups (broad SMARTS) is 1. The second-order valence-corrected chi connectivity index (χ2v) is 4.87. The minimum Gasteiger partial charge on any atom is -0.480 e. The highest BCUT2D eigenvalue weighted by Crippen LogP contribution is 2.30. The minimum absolute atomic E-state index is 0.0502. The molecule has 0 aliphatic rings. The molecule has 2 rings (SSSR count). The van der Waals surface area contributed by atoms with Gasteiger partial charge < -0.3 is 10.0 Å². The number of nitrogens with zero attached hydrogens (tertiary/aromatic N) is 3. The zero-order valence-electron chi connectivity index (χ0n) is 11.9. The van der Waals surface area contributed by atoms with Crippen LogP contribution in [-0.2, 0) is 4.79 Å². The van der Waals surface area contributed by atoms with Crippen molar-refractivity contribution >= 4 is 28.2 Å². The number of nitro benzene ring substituents is 1. The summed E-state index contributed by atoms with van der Waals surface area (Å²) in [4.78, 5) is 27.5. The summed E-state index contributed by atoms with van der Waals surface area (Å²) >= 11 is 0. The molecule has 0 saturated carbocycles. The fraction of sp³-hybridized carbons (Fsp3) is 0.286. The monoisotopic (exact) mass is 289 g/mol. The predicted molar refractivity (Wildman–Crippen MR) is 78.6 cm³/mol. The van der Waals surface area contributed by atoms with Crippen LogP contribution in [0.1, 0.15) is 12.6 Å². The molecule has 110 valence electrons. The summed E-state index contributed by atoms with van der Waals surface area (Å²) in [5.41, 5.74) is 1.87. The first-order valence-corrected chi connectivity index (χ1v) is 6.32. The van der Waals surface area contributed by atoms with E-state index in [1.54, 1.807) is 37.9 Å². The maximum Gasteiger partial charge on any atom is 0.326 e. The van der Waals surface area contributed by atoms with E-state index in [1.165, 1.54) is 12.1 Å². The number of aliphatic carboxylic acids is 1. The molecular weight excluding hydrogens is 274 g/mol. The smallest absolute Gasteiger partial charge is 0.326 e. The fourth-order valence-electron chi connectivity index (χ4n) is 2.10. The van der Waals surface area contributed by atoms with Crippen molar-refractivity contribution in [3.05, 3.63) is 40.1 Å². The van der Waals surface area contributed by atoms with E-state index in [4.69, 9.17) is 5.11 Å². The van der Waals surface area contributed by atoms with E-state index in [0.717, 1.165) is 5.69 Å². The standard InChI is InChI=1S/C14H15N3O4/c1-8-6-13(16(3)9(2)14(18)19)11-7-10(17(20)21)4-5-12(11)15-8/h4-7,9H,1-3H3,(H,18,19). The first-order valence-electron chi connectivity index (χ1n) is 6.32. The Morgan fingerprint density at radius 3 is 2.67 bits per heavy atom. The van der Waals surface area contributed by atoms with Crippen molar-refractivity contribution in [1.82, 2.24) is 4.98 Å². The van der Waals surface area contributed by atoms with Gasteiger partial charge in [-0.25, -0.2) is 4.79 Å². The molecule has 1 N–H and O–H groups in total. The number of hydrogen-bond donors (Lipinski definition) is 1. The van der Waals surface area contributed by atoms with E-state index in [1.807, 2.05) is 0 Å². The topological polar surface area (TPSA) is 96.6 Å². The molecule has 0 aliphatic heterocycles. The van der Waals surface area contributed by atoms with Crippen molar-refractivity contribution in [1.29, 1.82) is 0 Å². The number of likely N-dealkylation sites (N-methyl/N-ethyl adjacent to an activating group) is 1. The Hall–Kier alpha value is -2.70. The highest BCUT2D eigenvalue weighted by molar-refractivity contribution is 5.95. The number of rotatable bonds is 4. The average Bonchev–Trinajstić information content (AvgIpc) is 2.43. The lowest BCUT2D eigenvalue weighted by Gasteiger charge is -2.25. The van der Waals surface area contributed by atoms with E-state index in [2.05, 4.69) is 4.98 Å². The van der Waals surface area contributed by atoms with Crippen LogP contribution in [0.4, 0.5) is 11.4 Å². The predicted octanol–water partition coefficient (Wildman–Crippen LogP) is 2.36. The molecule has 0 aliphatic carbocycles. The van der Waals surface area contributed by atoms with Gasteiger partial charge in [-0.1, -0.05) is 0 Å². The lowest BCUT2D eigenvalue weighted by Crippen LogP contribution is -2.36. The molecule has 2 aromatic rings. The molecule has 0 bridgehead atoms. The van der Waals surface area contributed by atoms with Gasteiger partial charge in [-0.2, -0.15) is 0 Å². The SMILES string of the molecule is Cc1cc(N(C)C(C)C(=O)O)c2cc([N+](=O)[O-])ccc2n1. The molecule has 7 heteroatoms. The number of nitro groups is 1. The average molecular weight is 289 g/mol. The Kier molecular flexibility index (Phi) is 3.75. The maximum absolute atomic E-state index is 11.1. The van der Waals surface area contributed by atoms with Gasteiger partial charge >= 0.3 is 5.97 Å². The molecule has 7 nitrogen and oxygen atoms in total. The van der Waals surface area contributed by atoms with E-state index in [-0.39, 0.29) is 5.69 Å². The van der Waals surface area contributed by atoms with Gasteiger partial charge in [0.2, 0.25) is 0 Å². The molecule has 1 heterocycles. The van der Waals surface area contributed by atoms with Gasteiger partial charge in [0.25, 0.3) is 5.69 Å². The van der Waals surface area contributed by atoms with Crippen LogP contribution in [0.25, 0.3) is 10.9 Å². The molecule has 1 aromatic heterocycles. The number of anilines is 1. The summed E-state index contributed by atoms with van der Waals surface area (Å²) in [5, 5.41) is 20.6. The third kappa shape index (κ3) is 2.76. The zero-order chi connectivity index (χ0) is 15.7. The quantitative estimate of drug-likeness (QED) is 0.685. The van der Waals surface area contributed by atoms with Crippen LogP contribution in [-0.4, -0.2) is 34.1 Å². The third-order valence-corrected chi connectivity index (χ3v) is 3.43. The Balaban J connectivity index is 2.68. The Bertz CT molecular complexity index is 729. The van der Waals surface area contributed by atoms with E-state index in [0.29, 0.717) is 16.6 Å². The van der Waals surface area contributed by atoms with Crippen LogP contribution in [0.2, 0.25) is 0 Å². The van der Waals surface area contributed by atoms with Gasteiger partial charge in [0.05, 0.1) is 10.4 Å². The molecule has 1 aromatic carbocycles. The number of carbonyl (C=O) groups is 1. The number of pyridine rings is 1. The van der Waals surface area contributed by atoms with Gasteiger partial charge in [-0.15, -0.1) is 0 Å². The molecule has 0 saturated heterocycles. The highest BCUT2D eigenvalue weighted by atomic mass is 16.6. The minimum atomic E-state index is -0.967. The Morgan fingerprint density at radius 2 is 2.10 bits per heavy atom. The molecule has 1 unspecified atom stereocenters. The number of hydrogen-bond acceptors (Lipinski definition) is 5. The van der Waals surface area contributed by atoms with Crippen molar-refractivity contribution < 1.29 is 14.8 Å². The summed E-state index contributed by atoms with van der Waals surface area (Å²) in [5.74, 6) is -0.967. The number of fused-ring (bicyclic) bond motifs is 1. The van der Waals surface area contributed by atoms with Crippen LogP contribution >= 0.6 is 0 Å². The van der Waals surface area contributed by atoms with Gasteiger partial charge in [-0.05, 0) is 26.0 Å². The lowest BCUT2D eigenvalue weighted by atomic mass is 10.1.